The Kier molecular flexibility index (Phi) is 4.66. The summed E-state index contributed by atoms with van der Waals surface area (Å²) in [5, 5.41) is 18.3. The van der Waals surface area contributed by atoms with Crippen LogP contribution in [0.1, 0.15) is 47.8 Å². The van der Waals surface area contributed by atoms with E-state index in [1.165, 1.54) is 17.7 Å². The zero-order chi connectivity index (χ0) is 17.0. The third-order valence-electron chi connectivity index (χ3n) is 3.65. The van der Waals surface area contributed by atoms with E-state index in [4.69, 9.17) is 5.11 Å². The molecule has 0 heterocycles. The molecule has 0 saturated carbocycles. The number of rotatable bonds is 3. The van der Waals surface area contributed by atoms with Gasteiger partial charge in [-0.1, -0.05) is 57.2 Å². The van der Waals surface area contributed by atoms with Gasteiger partial charge in [0.15, 0.2) is 0 Å². The van der Waals surface area contributed by atoms with Crippen LogP contribution in [-0.2, 0) is 5.41 Å². The number of carboxylic acid groups (broad SMARTS) is 1. The maximum atomic E-state index is 10.9. The highest BCUT2D eigenvalue weighted by atomic mass is 16.4. The fourth-order valence-corrected chi connectivity index (χ4v) is 2.22. The van der Waals surface area contributed by atoms with Crippen LogP contribution in [0.4, 0.5) is 0 Å². The maximum absolute atomic E-state index is 10.9. The van der Waals surface area contributed by atoms with E-state index in [9.17, 15) is 10.1 Å². The Bertz CT molecular complexity index is 770. The number of aromatic carboxylic acids is 1. The van der Waals surface area contributed by atoms with Crippen molar-refractivity contribution in [3.05, 3.63) is 70.8 Å². The van der Waals surface area contributed by atoms with E-state index in [1.54, 1.807) is 12.1 Å². The van der Waals surface area contributed by atoms with E-state index in [0.717, 1.165) is 5.56 Å². The second kappa shape index (κ2) is 6.50. The first kappa shape index (κ1) is 16.5. The van der Waals surface area contributed by atoms with Crippen LogP contribution in [0, 0.1) is 11.3 Å². The van der Waals surface area contributed by atoms with Crippen LogP contribution in [0.15, 0.2) is 48.5 Å². The summed E-state index contributed by atoms with van der Waals surface area (Å²) in [5.41, 5.74) is 3.69. The van der Waals surface area contributed by atoms with Gasteiger partial charge >= 0.3 is 5.97 Å². The van der Waals surface area contributed by atoms with Gasteiger partial charge in [-0.15, -0.1) is 0 Å². The first-order valence-electron chi connectivity index (χ1n) is 7.37. The molecular formula is C20H19NO2. The number of hydrogen-bond donors (Lipinski definition) is 1. The first-order valence-corrected chi connectivity index (χ1v) is 7.37. The normalized spacial score (nSPS) is 11.8. The lowest BCUT2D eigenvalue weighted by Gasteiger charge is -2.18. The fraction of sp³-hybridized carbons (Fsp3) is 0.200. The third kappa shape index (κ3) is 4.08. The van der Waals surface area contributed by atoms with Crippen LogP contribution >= 0.6 is 0 Å². The van der Waals surface area contributed by atoms with Gasteiger partial charge in [0, 0.05) is 0 Å². The van der Waals surface area contributed by atoms with Crippen molar-refractivity contribution in [2.24, 2.45) is 0 Å². The van der Waals surface area contributed by atoms with Crippen molar-refractivity contribution in [2.75, 3.05) is 0 Å². The number of nitriles is 1. The van der Waals surface area contributed by atoms with Crippen molar-refractivity contribution in [1.82, 2.24) is 0 Å². The number of benzene rings is 2. The van der Waals surface area contributed by atoms with Crippen molar-refractivity contribution in [2.45, 2.75) is 26.2 Å². The molecule has 0 aliphatic rings. The average Bonchev–Trinajstić information content (AvgIpc) is 2.52. The SMILES string of the molecule is CC(C)(C)c1ccc(/C=C(/C#N)c2ccc(C(=O)O)cc2)cc1. The number of hydrogen-bond acceptors (Lipinski definition) is 2. The average molecular weight is 305 g/mol. The van der Waals surface area contributed by atoms with Gasteiger partial charge in [0.05, 0.1) is 17.2 Å². The number of allylic oxidation sites excluding steroid dienone is 1. The molecule has 0 aliphatic carbocycles. The van der Waals surface area contributed by atoms with Gasteiger partial charge in [0.1, 0.15) is 0 Å². The highest BCUT2D eigenvalue weighted by molar-refractivity contribution is 5.92. The van der Waals surface area contributed by atoms with Crippen molar-refractivity contribution in [3.63, 3.8) is 0 Å². The Morgan fingerprint density at radius 2 is 1.52 bits per heavy atom. The summed E-state index contributed by atoms with van der Waals surface area (Å²) < 4.78 is 0. The van der Waals surface area contributed by atoms with Gasteiger partial charge in [-0.25, -0.2) is 4.79 Å². The number of nitrogens with zero attached hydrogens (tertiary/aromatic N) is 1. The molecule has 0 aliphatic heterocycles. The van der Waals surface area contributed by atoms with Crippen LogP contribution in [0.25, 0.3) is 11.6 Å². The molecule has 0 aromatic heterocycles. The van der Waals surface area contributed by atoms with Crippen LogP contribution in [-0.4, -0.2) is 11.1 Å². The van der Waals surface area contributed by atoms with E-state index in [1.807, 2.05) is 18.2 Å². The molecule has 0 fully saturated rings. The second-order valence-electron chi connectivity index (χ2n) is 6.42. The molecule has 23 heavy (non-hydrogen) atoms. The molecule has 1 N–H and O–H groups in total. The Labute approximate surface area is 136 Å². The molecule has 2 rings (SSSR count). The third-order valence-corrected chi connectivity index (χ3v) is 3.65. The summed E-state index contributed by atoms with van der Waals surface area (Å²) >= 11 is 0. The molecular weight excluding hydrogens is 286 g/mol. The molecule has 0 unspecified atom stereocenters. The molecule has 0 amide bonds. The van der Waals surface area contributed by atoms with Crippen LogP contribution in [0.3, 0.4) is 0 Å². The minimum Gasteiger partial charge on any atom is -0.478 e. The number of carboxylic acids is 1. The summed E-state index contributed by atoms with van der Waals surface area (Å²) in [4.78, 5) is 10.9. The summed E-state index contributed by atoms with van der Waals surface area (Å²) in [7, 11) is 0. The zero-order valence-corrected chi connectivity index (χ0v) is 13.5. The Balaban J connectivity index is 2.32. The largest absolute Gasteiger partial charge is 0.478 e. The van der Waals surface area contributed by atoms with Gasteiger partial charge in [-0.05, 0) is 40.3 Å². The van der Waals surface area contributed by atoms with Gasteiger partial charge in [-0.2, -0.15) is 5.26 Å². The fourth-order valence-electron chi connectivity index (χ4n) is 2.22. The van der Waals surface area contributed by atoms with Gasteiger partial charge in [0.25, 0.3) is 0 Å². The lowest BCUT2D eigenvalue weighted by Crippen LogP contribution is -2.10. The summed E-state index contributed by atoms with van der Waals surface area (Å²) in [5.74, 6) is -0.975. The topological polar surface area (TPSA) is 61.1 Å². The van der Waals surface area contributed by atoms with Crippen LogP contribution < -0.4 is 0 Å². The van der Waals surface area contributed by atoms with Crippen molar-refractivity contribution in [3.8, 4) is 6.07 Å². The first-order chi connectivity index (χ1) is 10.8. The van der Waals surface area contributed by atoms with E-state index >= 15 is 0 Å². The van der Waals surface area contributed by atoms with Crippen molar-refractivity contribution < 1.29 is 9.90 Å². The van der Waals surface area contributed by atoms with E-state index in [0.29, 0.717) is 11.1 Å². The maximum Gasteiger partial charge on any atom is 0.335 e. The molecule has 3 heteroatoms. The highest BCUT2D eigenvalue weighted by Crippen LogP contribution is 2.24. The Hall–Kier alpha value is -2.86. The van der Waals surface area contributed by atoms with Crippen molar-refractivity contribution >= 4 is 17.6 Å². The van der Waals surface area contributed by atoms with Gasteiger partial charge in [-0.3, -0.25) is 0 Å². The molecule has 0 radical (unpaired) electrons. The molecule has 0 atom stereocenters. The second-order valence-corrected chi connectivity index (χ2v) is 6.42. The lowest BCUT2D eigenvalue weighted by molar-refractivity contribution is 0.0697. The Morgan fingerprint density at radius 3 is 1.96 bits per heavy atom. The molecule has 116 valence electrons. The predicted octanol–water partition coefficient (Wildman–Crippen LogP) is 4.75. The highest BCUT2D eigenvalue weighted by Gasteiger charge is 2.12. The van der Waals surface area contributed by atoms with E-state index in [-0.39, 0.29) is 11.0 Å². The van der Waals surface area contributed by atoms with E-state index in [2.05, 4.69) is 39.0 Å². The minimum absolute atomic E-state index is 0.0902. The van der Waals surface area contributed by atoms with Gasteiger partial charge < -0.3 is 5.11 Å². The standard InChI is InChI=1S/C20H19NO2/c1-20(2,3)18-10-4-14(5-11-18)12-17(13-21)15-6-8-16(9-7-15)19(22)23/h4-12H,1-3H3,(H,22,23)/b17-12-. The zero-order valence-electron chi connectivity index (χ0n) is 13.5. The summed E-state index contributed by atoms with van der Waals surface area (Å²) in [6.45, 7) is 6.47. The van der Waals surface area contributed by atoms with Crippen LogP contribution in [0.5, 0.6) is 0 Å². The molecule has 3 nitrogen and oxygen atoms in total. The minimum atomic E-state index is -0.975. The Morgan fingerprint density at radius 1 is 1.00 bits per heavy atom. The lowest BCUT2D eigenvalue weighted by atomic mass is 9.86. The predicted molar refractivity (Wildman–Crippen MR) is 92.0 cm³/mol. The summed E-state index contributed by atoms with van der Waals surface area (Å²) in [6, 6.07) is 16.6. The molecule has 0 spiro atoms. The number of carbonyl (C=O) groups is 1. The summed E-state index contributed by atoms with van der Waals surface area (Å²) in [6.07, 6.45) is 1.81. The van der Waals surface area contributed by atoms with Crippen molar-refractivity contribution in [1.29, 1.82) is 5.26 Å². The molecule has 0 bridgehead atoms. The van der Waals surface area contributed by atoms with E-state index < -0.39 is 5.97 Å². The smallest absolute Gasteiger partial charge is 0.335 e. The van der Waals surface area contributed by atoms with Crippen LogP contribution in [0.2, 0.25) is 0 Å². The monoisotopic (exact) mass is 305 g/mol. The molecule has 0 saturated heterocycles. The quantitative estimate of drug-likeness (QED) is 0.657. The molecule has 2 aromatic carbocycles. The molecule has 2 aromatic rings. The van der Waals surface area contributed by atoms with Gasteiger partial charge in [0.2, 0.25) is 0 Å².